The van der Waals surface area contributed by atoms with E-state index in [0.29, 0.717) is 12.2 Å². The van der Waals surface area contributed by atoms with Crippen molar-refractivity contribution in [2.45, 2.75) is 18.9 Å². The number of hydrogen-bond donors (Lipinski definition) is 0. The van der Waals surface area contributed by atoms with Crippen molar-refractivity contribution < 1.29 is 19.1 Å². The second-order valence-electron chi connectivity index (χ2n) is 7.13. The van der Waals surface area contributed by atoms with Crippen molar-refractivity contribution in [1.29, 1.82) is 0 Å². The van der Waals surface area contributed by atoms with Crippen LogP contribution in [0.15, 0.2) is 84.9 Å². The monoisotopic (exact) mass is 401 g/mol. The van der Waals surface area contributed by atoms with E-state index in [1.165, 1.54) is 0 Å². The van der Waals surface area contributed by atoms with Gasteiger partial charge in [0.1, 0.15) is 18.5 Å². The number of anilines is 1. The number of ether oxygens (including phenoxy) is 2. The Labute approximate surface area is 175 Å². The van der Waals surface area contributed by atoms with Crippen LogP contribution in [0.5, 0.6) is 5.75 Å². The Morgan fingerprint density at radius 3 is 2.00 bits per heavy atom. The van der Waals surface area contributed by atoms with Crippen molar-refractivity contribution in [3.8, 4) is 5.75 Å². The first-order valence-electron chi connectivity index (χ1n) is 10.0. The molecule has 1 saturated heterocycles. The van der Waals surface area contributed by atoms with Gasteiger partial charge in [0.25, 0.3) is 0 Å². The van der Waals surface area contributed by atoms with Gasteiger partial charge in [-0.3, -0.25) is 4.79 Å². The van der Waals surface area contributed by atoms with Crippen LogP contribution in [-0.2, 0) is 14.3 Å². The number of benzene rings is 3. The van der Waals surface area contributed by atoms with E-state index in [-0.39, 0.29) is 18.6 Å². The summed E-state index contributed by atoms with van der Waals surface area (Å²) in [6, 6.07) is 26.5. The molecule has 152 valence electrons. The molecule has 30 heavy (non-hydrogen) atoms. The molecule has 0 bridgehead atoms. The highest BCUT2D eigenvalue weighted by molar-refractivity contribution is 5.95. The second-order valence-corrected chi connectivity index (χ2v) is 7.13. The standard InChI is InChI=1S/C25H23NO4/c27-23-12-7-17-26(23)21-13-15-22(16-14-21)30-24(28)18-29-25(19-8-3-1-4-9-19)20-10-5-2-6-11-20/h1-6,8-11,13-16,25H,7,12,17-18H2. The summed E-state index contributed by atoms with van der Waals surface area (Å²) >= 11 is 0. The Hall–Kier alpha value is -3.44. The third kappa shape index (κ3) is 4.75. The van der Waals surface area contributed by atoms with Gasteiger partial charge in [-0.25, -0.2) is 4.79 Å². The minimum atomic E-state index is -0.475. The fourth-order valence-corrected chi connectivity index (χ4v) is 3.57. The largest absolute Gasteiger partial charge is 0.425 e. The summed E-state index contributed by atoms with van der Waals surface area (Å²) < 4.78 is 11.4. The summed E-state index contributed by atoms with van der Waals surface area (Å²) in [5.41, 5.74) is 2.76. The maximum absolute atomic E-state index is 12.4. The maximum atomic E-state index is 12.4. The summed E-state index contributed by atoms with van der Waals surface area (Å²) in [4.78, 5) is 26.0. The molecule has 3 aromatic rings. The van der Waals surface area contributed by atoms with Crippen molar-refractivity contribution in [3.63, 3.8) is 0 Å². The van der Waals surface area contributed by atoms with E-state index < -0.39 is 5.97 Å². The number of esters is 1. The van der Waals surface area contributed by atoms with Gasteiger partial charge in [0.15, 0.2) is 0 Å². The average Bonchev–Trinajstić information content (AvgIpc) is 3.22. The SMILES string of the molecule is O=C(COC(c1ccccc1)c1ccccc1)Oc1ccc(N2CCCC2=O)cc1. The van der Waals surface area contributed by atoms with E-state index >= 15 is 0 Å². The molecule has 0 N–H and O–H groups in total. The summed E-state index contributed by atoms with van der Waals surface area (Å²) in [6.45, 7) is 0.549. The second kappa shape index (κ2) is 9.37. The van der Waals surface area contributed by atoms with Gasteiger partial charge in [-0.1, -0.05) is 60.7 Å². The summed E-state index contributed by atoms with van der Waals surface area (Å²) in [5, 5.41) is 0. The first-order valence-corrected chi connectivity index (χ1v) is 10.0. The zero-order valence-corrected chi connectivity index (χ0v) is 16.6. The van der Waals surface area contributed by atoms with Crippen molar-refractivity contribution in [2.75, 3.05) is 18.1 Å². The van der Waals surface area contributed by atoms with Gasteiger partial charge in [0.2, 0.25) is 5.91 Å². The Morgan fingerprint density at radius 1 is 0.867 bits per heavy atom. The lowest BCUT2D eigenvalue weighted by Gasteiger charge is -2.19. The Bertz CT molecular complexity index is 947. The van der Waals surface area contributed by atoms with Gasteiger partial charge in [-0.2, -0.15) is 0 Å². The van der Waals surface area contributed by atoms with Crippen LogP contribution in [0.2, 0.25) is 0 Å². The van der Waals surface area contributed by atoms with Gasteiger partial charge in [0, 0.05) is 18.7 Å². The first-order chi connectivity index (χ1) is 14.7. The third-order valence-corrected chi connectivity index (χ3v) is 5.03. The molecule has 0 spiro atoms. The molecule has 0 aromatic heterocycles. The third-order valence-electron chi connectivity index (χ3n) is 5.03. The number of rotatable bonds is 7. The van der Waals surface area contributed by atoms with Gasteiger partial charge in [-0.15, -0.1) is 0 Å². The first kappa shape index (κ1) is 19.9. The lowest BCUT2D eigenvalue weighted by Crippen LogP contribution is -2.23. The van der Waals surface area contributed by atoms with E-state index in [9.17, 15) is 9.59 Å². The Kier molecular flexibility index (Phi) is 6.20. The molecule has 1 aliphatic rings. The van der Waals surface area contributed by atoms with E-state index in [1.54, 1.807) is 29.2 Å². The lowest BCUT2D eigenvalue weighted by molar-refractivity contribution is -0.141. The van der Waals surface area contributed by atoms with Crippen LogP contribution in [0.1, 0.15) is 30.1 Å². The molecule has 0 radical (unpaired) electrons. The number of carbonyl (C=O) groups is 2. The molecule has 1 aliphatic heterocycles. The van der Waals surface area contributed by atoms with Crippen LogP contribution in [0.25, 0.3) is 0 Å². The van der Waals surface area contributed by atoms with Crippen molar-refractivity contribution in [1.82, 2.24) is 0 Å². The van der Waals surface area contributed by atoms with E-state index in [1.807, 2.05) is 60.7 Å². The fraction of sp³-hybridized carbons (Fsp3) is 0.200. The minimum absolute atomic E-state index is 0.126. The van der Waals surface area contributed by atoms with E-state index in [4.69, 9.17) is 9.47 Å². The van der Waals surface area contributed by atoms with Crippen molar-refractivity contribution >= 4 is 17.6 Å². The molecular formula is C25H23NO4. The van der Waals surface area contributed by atoms with E-state index in [2.05, 4.69) is 0 Å². The molecule has 5 heteroatoms. The van der Waals surface area contributed by atoms with Crippen LogP contribution in [-0.4, -0.2) is 25.0 Å². The van der Waals surface area contributed by atoms with Crippen molar-refractivity contribution in [2.24, 2.45) is 0 Å². The van der Waals surface area contributed by atoms with Crippen LogP contribution in [0, 0.1) is 0 Å². The predicted molar refractivity (Wildman–Crippen MR) is 114 cm³/mol. The Balaban J connectivity index is 1.38. The van der Waals surface area contributed by atoms with Crippen LogP contribution in [0.3, 0.4) is 0 Å². The topological polar surface area (TPSA) is 55.8 Å². The zero-order chi connectivity index (χ0) is 20.8. The molecule has 0 atom stereocenters. The summed E-state index contributed by atoms with van der Waals surface area (Å²) in [5.74, 6) is 0.0767. The minimum Gasteiger partial charge on any atom is -0.425 e. The highest BCUT2D eigenvalue weighted by Gasteiger charge is 2.22. The molecule has 3 aromatic carbocycles. The normalized spacial score (nSPS) is 13.6. The number of amides is 1. The smallest absolute Gasteiger partial charge is 0.337 e. The highest BCUT2D eigenvalue weighted by atomic mass is 16.6. The van der Waals surface area contributed by atoms with Crippen molar-refractivity contribution in [3.05, 3.63) is 96.1 Å². The molecule has 0 saturated carbocycles. The molecule has 1 amide bonds. The van der Waals surface area contributed by atoms with Gasteiger partial charge < -0.3 is 14.4 Å². The molecule has 1 fully saturated rings. The van der Waals surface area contributed by atoms with Gasteiger partial charge >= 0.3 is 5.97 Å². The number of carbonyl (C=O) groups excluding carboxylic acids is 2. The highest BCUT2D eigenvalue weighted by Crippen LogP contribution is 2.26. The van der Waals surface area contributed by atoms with Gasteiger partial charge in [-0.05, 0) is 41.8 Å². The van der Waals surface area contributed by atoms with Crippen LogP contribution < -0.4 is 9.64 Å². The number of nitrogens with zero attached hydrogens (tertiary/aromatic N) is 1. The quantitative estimate of drug-likeness (QED) is 0.431. The molecule has 0 unspecified atom stereocenters. The maximum Gasteiger partial charge on any atom is 0.337 e. The number of hydrogen-bond acceptors (Lipinski definition) is 4. The molecule has 1 heterocycles. The van der Waals surface area contributed by atoms with E-state index in [0.717, 1.165) is 29.8 Å². The fourth-order valence-electron chi connectivity index (χ4n) is 3.57. The molecule has 4 rings (SSSR count). The Morgan fingerprint density at radius 2 is 1.47 bits per heavy atom. The summed E-state index contributed by atoms with van der Waals surface area (Å²) in [7, 11) is 0. The molecule has 0 aliphatic carbocycles. The molecule has 5 nitrogen and oxygen atoms in total. The predicted octanol–water partition coefficient (Wildman–Crippen LogP) is 4.53. The zero-order valence-electron chi connectivity index (χ0n) is 16.6. The van der Waals surface area contributed by atoms with Crippen LogP contribution >= 0.6 is 0 Å². The van der Waals surface area contributed by atoms with Gasteiger partial charge in [0.05, 0.1) is 0 Å². The average molecular weight is 401 g/mol. The van der Waals surface area contributed by atoms with Crippen LogP contribution in [0.4, 0.5) is 5.69 Å². The summed E-state index contributed by atoms with van der Waals surface area (Å²) in [6.07, 6.45) is 1.10. The molecular weight excluding hydrogens is 378 g/mol. The lowest BCUT2D eigenvalue weighted by atomic mass is 10.0.